The monoisotopic (exact) mass is 1010 g/mol. The molecule has 72 heavy (non-hydrogen) atoms. The van der Waals surface area contributed by atoms with Crippen LogP contribution in [0.25, 0.3) is 0 Å². The predicted octanol–water partition coefficient (Wildman–Crippen LogP) is 21.8. The summed E-state index contributed by atoms with van der Waals surface area (Å²) in [5, 5.41) is 0. The van der Waals surface area contributed by atoms with Crippen LogP contribution in [0.15, 0.2) is 24.3 Å². The Kier molecular flexibility index (Phi) is 59.6. The molecule has 0 aliphatic carbocycles. The molecule has 1 unspecified atom stereocenters. The van der Waals surface area contributed by atoms with Crippen LogP contribution in [0.3, 0.4) is 0 Å². The van der Waals surface area contributed by atoms with Gasteiger partial charge in [0, 0.05) is 19.3 Å². The van der Waals surface area contributed by atoms with Crippen LogP contribution in [0.4, 0.5) is 0 Å². The van der Waals surface area contributed by atoms with Gasteiger partial charge in [0.05, 0.1) is 0 Å². The molecule has 0 N–H and O–H groups in total. The van der Waals surface area contributed by atoms with Gasteiger partial charge >= 0.3 is 17.9 Å². The van der Waals surface area contributed by atoms with E-state index in [4.69, 9.17) is 14.2 Å². The Hall–Kier alpha value is -2.11. The molecule has 6 nitrogen and oxygen atoms in total. The van der Waals surface area contributed by atoms with Gasteiger partial charge in [-0.1, -0.05) is 295 Å². The first-order valence-electron chi connectivity index (χ1n) is 32.3. The van der Waals surface area contributed by atoms with Crippen molar-refractivity contribution in [3.8, 4) is 0 Å². The first-order valence-corrected chi connectivity index (χ1v) is 32.3. The summed E-state index contributed by atoms with van der Waals surface area (Å²) >= 11 is 0. The van der Waals surface area contributed by atoms with Gasteiger partial charge < -0.3 is 14.2 Å². The molecular formula is C66H124O6. The van der Waals surface area contributed by atoms with Crippen molar-refractivity contribution in [2.24, 2.45) is 0 Å². The van der Waals surface area contributed by atoms with E-state index in [2.05, 4.69) is 45.1 Å². The van der Waals surface area contributed by atoms with Crippen LogP contribution >= 0.6 is 0 Å². The highest BCUT2D eigenvalue weighted by Gasteiger charge is 2.19. The summed E-state index contributed by atoms with van der Waals surface area (Å²) in [6.45, 7) is 6.64. The van der Waals surface area contributed by atoms with Crippen molar-refractivity contribution >= 4 is 17.9 Å². The number of carbonyl (C=O) groups excluding carboxylic acids is 3. The quantitative estimate of drug-likeness (QED) is 0.0261. The highest BCUT2D eigenvalue weighted by atomic mass is 16.6. The molecule has 0 aliphatic heterocycles. The summed E-state index contributed by atoms with van der Waals surface area (Å²) < 4.78 is 16.9. The number of rotatable bonds is 60. The number of hydrogen-bond acceptors (Lipinski definition) is 6. The van der Waals surface area contributed by atoms with Gasteiger partial charge in [0.15, 0.2) is 6.10 Å². The Bertz CT molecular complexity index is 1160. The maximum atomic E-state index is 12.8. The molecule has 0 aromatic rings. The van der Waals surface area contributed by atoms with Gasteiger partial charge in [-0.15, -0.1) is 0 Å². The molecule has 0 heterocycles. The lowest BCUT2D eigenvalue weighted by molar-refractivity contribution is -0.167. The number of hydrogen-bond donors (Lipinski definition) is 0. The maximum Gasteiger partial charge on any atom is 0.306 e. The van der Waals surface area contributed by atoms with E-state index in [1.165, 1.54) is 250 Å². The summed E-state index contributed by atoms with van der Waals surface area (Å²) in [5.41, 5.74) is 0. The Morgan fingerprint density at radius 3 is 0.736 bits per heavy atom. The van der Waals surface area contributed by atoms with Gasteiger partial charge in [0.2, 0.25) is 0 Å². The van der Waals surface area contributed by atoms with Crippen LogP contribution in [-0.4, -0.2) is 37.2 Å². The van der Waals surface area contributed by atoms with Gasteiger partial charge in [0.1, 0.15) is 13.2 Å². The van der Waals surface area contributed by atoms with Crippen molar-refractivity contribution < 1.29 is 28.6 Å². The highest BCUT2D eigenvalue weighted by molar-refractivity contribution is 5.71. The fourth-order valence-corrected chi connectivity index (χ4v) is 9.79. The second-order valence-electron chi connectivity index (χ2n) is 22.0. The number of unbranched alkanes of at least 4 members (excludes halogenated alkanes) is 45. The van der Waals surface area contributed by atoms with E-state index in [9.17, 15) is 14.4 Å². The van der Waals surface area contributed by atoms with Crippen molar-refractivity contribution in [1.82, 2.24) is 0 Å². The topological polar surface area (TPSA) is 78.9 Å². The summed E-state index contributed by atoms with van der Waals surface area (Å²) in [4.78, 5) is 38.2. The molecule has 0 amide bonds. The third-order valence-electron chi connectivity index (χ3n) is 14.7. The molecule has 0 saturated carbocycles. The van der Waals surface area contributed by atoms with Crippen molar-refractivity contribution in [3.05, 3.63) is 24.3 Å². The number of allylic oxidation sites excluding steroid dienone is 4. The zero-order chi connectivity index (χ0) is 52.2. The van der Waals surface area contributed by atoms with E-state index < -0.39 is 6.10 Å². The van der Waals surface area contributed by atoms with E-state index in [0.29, 0.717) is 19.3 Å². The molecule has 0 aromatic carbocycles. The van der Waals surface area contributed by atoms with E-state index in [1.54, 1.807) is 0 Å². The standard InChI is InChI=1S/C66H124O6/c1-4-7-10-13-16-19-22-25-26-27-28-29-30-31-32-33-34-35-36-37-38-39-40-42-44-47-50-53-56-59-65(68)71-62-63(61-70-64(67)58-55-52-49-46-43-24-21-18-15-12-9-6-3)72-66(69)60-57-54-51-48-45-41-23-20-17-14-11-8-5-2/h18,20-21,23,63H,4-17,19,22,24-62H2,1-3H3/b21-18-,23-20-. The largest absolute Gasteiger partial charge is 0.462 e. The molecule has 0 fully saturated rings. The zero-order valence-corrected chi connectivity index (χ0v) is 48.7. The lowest BCUT2D eigenvalue weighted by atomic mass is 10.0. The highest BCUT2D eigenvalue weighted by Crippen LogP contribution is 2.18. The zero-order valence-electron chi connectivity index (χ0n) is 48.7. The molecule has 0 rings (SSSR count). The number of carbonyl (C=O) groups is 3. The van der Waals surface area contributed by atoms with Gasteiger partial charge in [-0.2, -0.15) is 0 Å². The Morgan fingerprint density at radius 2 is 0.458 bits per heavy atom. The summed E-state index contributed by atoms with van der Waals surface area (Å²) in [6.07, 6.45) is 73.5. The molecule has 6 heteroatoms. The SMILES string of the molecule is CCCCC/C=C\CCCCCCCC(=O)OCC(COC(=O)CCCCCCCCCCCCCCCCCCCCCCCCCCCCCCC)OC(=O)CCCCCCC/C=C\CCCCCC. The maximum absolute atomic E-state index is 12.8. The minimum Gasteiger partial charge on any atom is -0.462 e. The van der Waals surface area contributed by atoms with E-state index in [-0.39, 0.29) is 31.1 Å². The fraction of sp³-hybridized carbons (Fsp3) is 0.894. The lowest BCUT2D eigenvalue weighted by Gasteiger charge is -2.18. The molecule has 0 saturated heterocycles. The summed E-state index contributed by atoms with van der Waals surface area (Å²) in [7, 11) is 0. The molecule has 0 spiro atoms. The molecule has 1 atom stereocenters. The molecule has 0 radical (unpaired) electrons. The average Bonchev–Trinajstić information content (AvgIpc) is 3.38. The predicted molar refractivity (Wildman–Crippen MR) is 312 cm³/mol. The fourth-order valence-electron chi connectivity index (χ4n) is 9.79. The van der Waals surface area contributed by atoms with Gasteiger partial charge in [0.25, 0.3) is 0 Å². The Labute approximate surface area is 449 Å². The van der Waals surface area contributed by atoms with Gasteiger partial charge in [-0.3, -0.25) is 14.4 Å². The van der Waals surface area contributed by atoms with Crippen LogP contribution in [-0.2, 0) is 28.6 Å². The first kappa shape index (κ1) is 69.9. The third-order valence-corrected chi connectivity index (χ3v) is 14.7. The van der Waals surface area contributed by atoms with Gasteiger partial charge in [-0.25, -0.2) is 0 Å². The lowest BCUT2D eigenvalue weighted by Crippen LogP contribution is -2.30. The smallest absolute Gasteiger partial charge is 0.306 e. The summed E-state index contributed by atoms with van der Waals surface area (Å²) in [5.74, 6) is -0.870. The molecule has 0 bridgehead atoms. The van der Waals surface area contributed by atoms with Crippen molar-refractivity contribution in [1.29, 1.82) is 0 Å². The average molecular weight is 1010 g/mol. The van der Waals surface area contributed by atoms with Crippen molar-refractivity contribution in [2.45, 2.75) is 367 Å². The van der Waals surface area contributed by atoms with Crippen LogP contribution in [0.1, 0.15) is 361 Å². The third kappa shape index (κ3) is 58.8. The van der Waals surface area contributed by atoms with E-state index in [1.807, 2.05) is 0 Å². The number of ether oxygens (including phenoxy) is 3. The number of esters is 3. The van der Waals surface area contributed by atoms with Crippen LogP contribution in [0.5, 0.6) is 0 Å². The van der Waals surface area contributed by atoms with Crippen molar-refractivity contribution in [3.63, 3.8) is 0 Å². The normalized spacial score (nSPS) is 12.1. The molecule has 0 aliphatic rings. The Morgan fingerprint density at radius 1 is 0.264 bits per heavy atom. The first-order chi connectivity index (χ1) is 35.5. The van der Waals surface area contributed by atoms with E-state index in [0.717, 1.165) is 70.6 Å². The van der Waals surface area contributed by atoms with Gasteiger partial charge in [-0.05, 0) is 70.6 Å². The Balaban J connectivity index is 4.09. The van der Waals surface area contributed by atoms with E-state index >= 15 is 0 Å². The molecule has 424 valence electrons. The minimum absolute atomic E-state index is 0.0728. The summed E-state index contributed by atoms with van der Waals surface area (Å²) in [6, 6.07) is 0. The minimum atomic E-state index is -0.775. The second-order valence-corrected chi connectivity index (χ2v) is 22.0. The molecule has 0 aromatic heterocycles. The van der Waals surface area contributed by atoms with Crippen LogP contribution in [0.2, 0.25) is 0 Å². The van der Waals surface area contributed by atoms with Crippen molar-refractivity contribution in [2.75, 3.05) is 13.2 Å². The molecular weight excluding hydrogens is 889 g/mol. The second kappa shape index (κ2) is 61.4. The van der Waals surface area contributed by atoms with Crippen LogP contribution < -0.4 is 0 Å². The van der Waals surface area contributed by atoms with Crippen LogP contribution in [0, 0.1) is 0 Å².